The summed E-state index contributed by atoms with van der Waals surface area (Å²) in [6, 6.07) is 10.2. The summed E-state index contributed by atoms with van der Waals surface area (Å²) >= 11 is 3.55. The molecule has 3 nitrogen and oxygen atoms in total. The van der Waals surface area contributed by atoms with E-state index in [1.807, 2.05) is 31.2 Å². The molecule has 2 rings (SSSR count). The number of H-pyrrole nitrogens is 1. The monoisotopic (exact) mass is 279 g/mol. The molecule has 0 fully saturated rings. The fourth-order valence-corrected chi connectivity index (χ4v) is 2.34. The van der Waals surface area contributed by atoms with Crippen molar-refractivity contribution in [2.75, 3.05) is 6.54 Å². The number of nitrogens with zero attached hydrogens (tertiary/aromatic N) is 1. The van der Waals surface area contributed by atoms with E-state index >= 15 is 0 Å². The first-order valence-electron chi connectivity index (χ1n) is 5.18. The van der Waals surface area contributed by atoms with Crippen LogP contribution < -0.4 is 5.73 Å². The van der Waals surface area contributed by atoms with E-state index in [9.17, 15) is 0 Å². The minimum absolute atomic E-state index is 0.139. The Balaban J connectivity index is 2.40. The second-order valence-corrected chi connectivity index (χ2v) is 4.64. The molecule has 0 aliphatic carbocycles. The maximum Gasteiger partial charge on any atom is 0.0712 e. The maximum atomic E-state index is 5.84. The molecule has 1 unspecified atom stereocenters. The Morgan fingerprint density at radius 1 is 1.44 bits per heavy atom. The lowest BCUT2D eigenvalue weighted by Gasteiger charge is -2.14. The summed E-state index contributed by atoms with van der Waals surface area (Å²) in [4.78, 5) is 0. The standard InChI is InChI=1S/C12H14BrN3/c1-8-6-12(16-15-8)10(7-14)9-4-2-3-5-11(9)13/h2-6,10H,7,14H2,1H3,(H,15,16). The highest BCUT2D eigenvalue weighted by Crippen LogP contribution is 2.28. The van der Waals surface area contributed by atoms with Crippen molar-refractivity contribution >= 4 is 15.9 Å². The minimum atomic E-state index is 0.139. The zero-order valence-electron chi connectivity index (χ0n) is 9.07. The SMILES string of the molecule is Cc1cc(C(CN)c2ccccc2Br)n[nH]1. The molecule has 84 valence electrons. The summed E-state index contributed by atoms with van der Waals surface area (Å²) in [6.07, 6.45) is 0. The number of aromatic nitrogens is 2. The molecule has 0 spiro atoms. The Kier molecular flexibility index (Phi) is 3.41. The van der Waals surface area contributed by atoms with Gasteiger partial charge in [-0.1, -0.05) is 34.1 Å². The van der Waals surface area contributed by atoms with Crippen LogP contribution in [-0.2, 0) is 0 Å². The number of halogens is 1. The lowest BCUT2D eigenvalue weighted by Crippen LogP contribution is -2.14. The fraction of sp³-hybridized carbons (Fsp3) is 0.250. The van der Waals surface area contributed by atoms with E-state index in [1.54, 1.807) is 0 Å². The summed E-state index contributed by atoms with van der Waals surface area (Å²) in [5.41, 5.74) is 9.07. The van der Waals surface area contributed by atoms with E-state index in [2.05, 4.69) is 32.2 Å². The van der Waals surface area contributed by atoms with Crippen LogP contribution in [0.5, 0.6) is 0 Å². The number of hydrogen-bond acceptors (Lipinski definition) is 2. The molecule has 0 saturated heterocycles. The molecule has 0 radical (unpaired) electrons. The van der Waals surface area contributed by atoms with Crippen molar-refractivity contribution in [1.29, 1.82) is 0 Å². The Morgan fingerprint density at radius 3 is 2.75 bits per heavy atom. The van der Waals surface area contributed by atoms with Crippen LogP contribution in [0.3, 0.4) is 0 Å². The first-order valence-corrected chi connectivity index (χ1v) is 5.98. The van der Waals surface area contributed by atoms with Gasteiger partial charge < -0.3 is 5.73 Å². The molecular weight excluding hydrogens is 266 g/mol. The molecule has 16 heavy (non-hydrogen) atoms. The van der Waals surface area contributed by atoms with Crippen molar-refractivity contribution in [2.45, 2.75) is 12.8 Å². The van der Waals surface area contributed by atoms with Crippen molar-refractivity contribution in [1.82, 2.24) is 10.2 Å². The number of benzene rings is 1. The van der Waals surface area contributed by atoms with Gasteiger partial charge in [0.2, 0.25) is 0 Å². The molecule has 2 aromatic rings. The molecule has 3 N–H and O–H groups in total. The van der Waals surface area contributed by atoms with Crippen LogP contribution in [0.2, 0.25) is 0 Å². The third-order valence-corrected chi connectivity index (χ3v) is 3.32. The van der Waals surface area contributed by atoms with E-state index in [0.717, 1.165) is 15.9 Å². The summed E-state index contributed by atoms with van der Waals surface area (Å²) in [5.74, 6) is 0.139. The Labute approximate surface area is 103 Å². The number of nitrogens with one attached hydrogen (secondary N) is 1. The molecule has 0 amide bonds. The van der Waals surface area contributed by atoms with Gasteiger partial charge in [0.05, 0.1) is 5.69 Å². The topological polar surface area (TPSA) is 54.7 Å². The summed E-state index contributed by atoms with van der Waals surface area (Å²) in [7, 11) is 0. The Bertz CT molecular complexity index is 479. The molecule has 1 aromatic carbocycles. The van der Waals surface area contributed by atoms with Crippen LogP contribution in [0.1, 0.15) is 22.9 Å². The second-order valence-electron chi connectivity index (χ2n) is 3.79. The van der Waals surface area contributed by atoms with Gasteiger partial charge in [-0.3, -0.25) is 5.10 Å². The van der Waals surface area contributed by atoms with Crippen molar-refractivity contribution in [3.63, 3.8) is 0 Å². The number of hydrogen-bond donors (Lipinski definition) is 2. The smallest absolute Gasteiger partial charge is 0.0712 e. The van der Waals surface area contributed by atoms with Crippen molar-refractivity contribution in [3.8, 4) is 0 Å². The van der Waals surface area contributed by atoms with Crippen LogP contribution >= 0.6 is 15.9 Å². The molecule has 1 heterocycles. The summed E-state index contributed by atoms with van der Waals surface area (Å²) < 4.78 is 1.08. The number of rotatable bonds is 3. The highest BCUT2D eigenvalue weighted by molar-refractivity contribution is 9.10. The highest BCUT2D eigenvalue weighted by atomic mass is 79.9. The molecular formula is C12H14BrN3. The lowest BCUT2D eigenvalue weighted by atomic mass is 9.96. The zero-order valence-corrected chi connectivity index (χ0v) is 10.7. The third kappa shape index (κ3) is 2.18. The van der Waals surface area contributed by atoms with E-state index in [1.165, 1.54) is 5.56 Å². The number of aryl methyl sites for hydroxylation is 1. The van der Waals surface area contributed by atoms with E-state index in [-0.39, 0.29) is 5.92 Å². The molecule has 0 aliphatic rings. The Morgan fingerprint density at radius 2 is 2.19 bits per heavy atom. The van der Waals surface area contributed by atoms with Gasteiger partial charge in [-0.25, -0.2) is 0 Å². The van der Waals surface area contributed by atoms with E-state index in [0.29, 0.717) is 6.54 Å². The van der Waals surface area contributed by atoms with Gasteiger partial charge in [-0.15, -0.1) is 0 Å². The van der Waals surface area contributed by atoms with Gasteiger partial charge in [0.15, 0.2) is 0 Å². The minimum Gasteiger partial charge on any atom is -0.329 e. The quantitative estimate of drug-likeness (QED) is 0.907. The predicted molar refractivity (Wildman–Crippen MR) is 68.4 cm³/mol. The fourth-order valence-electron chi connectivity index (χ4n) is 1.78. The van der Waals surface area contributed by atoms with Gasteiger partial charge in [-0.2, -0.15) is 5.10 Å². The van der Waals surface area contributed by atoms with Crippen LogP contribution in [0.4, 0.5) is 0 Å². The van der Waals surface area contributed by atoms with Gasteiger partial charge in [0.25, 0.3) is 0 Å². The first-order chi connectivity index (χ1) is 7.72. The van der Waals surface area contributed by atoms with Crippen LogP contribution in [0, 0.1) is 6.92 Å². The second kappa shape index (κ2) is 4.80. The molecule has 0 aliphatic heterocycles. The Hall–Kier alpha value is -1.13. The summed E-state index contributed by atoms with van der Waals surface area (Å²) in [6.45, 7) is 2.54. The predicted octanol–water partition coefficient (Wildman–Crippen LogP) is 2.57. The van der Waals surface area contributed by atoms with Crippen LogP contribution in [0.15, 0.2) is 34.8 Å². The van der Waals surface area contributed by atoms with Crippen molar-refractivity contribution in [2.24, 2.45) is 5.73 Å². The van der Waals surface area contributed by atoms with E-state index in [4.69, 9.17) is 5.73 Å². The van der Waals surface area contributed by atoms with Crippen LogP contribution in [0.25, 0.3) is 0 Å². The molecule has 1 aromatic heterocycles. The van der Waals surface area contributed by atoms with Gasteiger partial charge >= 0.3 is 0 Å². The van der Waals surface area contributed by atoms with Gasteiger partial charge in [0.1, 0.15) is 0 Å². The molecule has 4 heteroatoms. The molecule has 0 bridgehead atoms. The average molecular weight is 280 g/mol. The third-order valence-electron chi connectivity index (χ3n) is 2.60. The van der Waals surface area contributed by atoms with Crippen molar-refractivity contribution in [3.05, 3.63) is 51.8 Å². The van der Waals surface area contributed by atoms with Gasteiger partial charge in [-0.05, 0) is 24.6 Å². The average Bonchev–Trinajstić information content (AvgIpc) is 2.69. The lowest BCUT2D eigenvalue weighted by molar-refractivity contribution is 0.775. The zero-order chi connectivity index (χ0) is 11.5. The normalized spacial score (nSPS) is 12.7. The largest absolute Gasteiger partial charge is 0.329 e. The van der Waals surface area contributed by atoms with E-state index < -0.39 is 0 Å². The summed E-state index contributed by atoms with van der Waals surface area (Å²) in [5, 5.41) is 7.23. The maximum absolute atomic E-state index is 5.84. The molecule has 1 atom stereocenters. The first kappa shape index (κ1) is 11.4. The van der Waals surface area contributed by atoms with Crippen LogP contribution in [-0.4, -0.2) is 16.7 Å². The number of aromatic amines is 1. The van der Waals surface area contributed by atoms with Gasteiger partial charge in [0, 0.05) is 22.6 Å². The highest BCUT2D eigenvalue weighted by Gasteiger charge is 2.17. The molecule has 0 saturated carbocycles. The van der Waals surface area contributed by atoms with Crippen molar-refractivity contribution < 1.29 is 0 Å². The number of nitrogens with two attached hydrogens (primary N) is 1.